The summed E-state index contributed by atoms with van der Waals surface area (Å²) in [4.78, 5) is 81.9. The lowest BCUT2D eigenvalue weighted by Gasteiger charge is -2.31. The molecule has 284 valence electrons. The van der Waals surface area contributed by atoms with Crippen LogP contribution in [0, 0.1) is 5.92 Å². The van der Waals surface area contributed by atoms with Crippen molar-refractivity contribution in [1.82, 2.24) is 46.1 Å². The number of carbonyl (C=O) groups is 6. The number of benzene rings is 1. The highest BCUT2D eigenvalue weighted by atomic mass is 16.4. The van der Waals surface area contributed by atoms with Gasteiger partial charge in [0, 0.05) is 50.8 Å². The van der Waals surface area contributed by atoms with Crippen LogP contribution in [0.3, 0.4) is 0 Å². The standard InChI is InChI=1S/C35H52N10O7/c1-5-22(2)31-34(51)37-15-7-16-43(20-30(47)48)21-44-19-26(41-42-44)13-14-29(46)38-25-11-9-24(10-12-25)18-27(39-32(49)23(3)36-4)35(52)45-17-6-8-28(45)33(50)40-31/h9-12,19,22-23,27-28,31,36H,5-8,13-18,20-21H2,1-4H3,(H,37,51)(H,38,46)(H,39,49)(H,40,50)(H,47,48)/t22?,23-,27-,28-,31+/m0/s1. The molecular formula is C35H52N10O7. The first-order valence-corrected chi connectivity index (χ1v) is 18.0. The smallest absolute Gasteiger partial charge is 0.317 e. The number of aryl methyl sites for hydroxylation is 1. The Balaban J connectivity index is 1.60. The fraction of sp³-hybridized carbons (Fsp3) is 0.600. The molecule has 52 heavy (non-hydrogen) atoms. The summed E-state index contributed by atoms with van der Waals surface area (Å²) in [5, 5.41) is 32.1. The van der Waals surface area contributed by atoms with Crippen LogP contribution < -0.4 is 26.6 Å². The number of amides is 5. The summed E-state index contributed by atoms with van der Waals surface area (Å²) in [7, 11) is 1.64. The van der Waals surface area contributed by atoms with Crippen LogP contribution in [0.25, 0.3) is 0 Å². The Hall–Kier alpha value is -4.90. The third kappa shape index (κ3) is 11.3. The molecule has 3 aliphatic heterocycles. The van der Waals surface area contributed by atoms with Gasteiger partial charge >= 0.3 is 5.97 Å². The Morgan fingerprint density at radius 3 is 2.48 bits per heavy atom. The second-order valence-electron chi connectivity index (χ2n) is 13.6. The highest BCUT2D eigenvalue weighted by Crippen LogP contribution is 2.22. The number of anilines is 1. The summed E-state index contributed by atoms with van der Waals surface area (Å²) in [5.74, 6) is -3.06. The maximum Gasteiger partial charge on any atom is 0.317 e. The number of fused-ring (bicyclic) bond motifs is 16. The van der Waals surface area contributed by atoms with Gasteiger partial charge in [0.2, 0.25) is 29.5 Å². The van der Waals surface area contributed by atoms with Crippen LogP contribution in [0.4, 0.5) is 5.69 Å². The number of hydrogen-bond donors (Lipinski definition) is 6. The lowest BCUT2D eigenvalue weighted by Crippen LogP contribution is -2.58. The summed E-state index contributed by atoms with van der Waals surface area (Å²) in [6, 6.07) is 3.75. The van der Waals surface area contributed by atoms with E-state index in [1.165, 1.54) is 9.58 Å². The van der Waals surface area contributed by atoms with Crippen molar-refractivity contribution in [2.45, 2.75) is 96.6 Å². The van der Waals surface area contributed by atoms with E-state index in [2.05, 4.69) is 36.9 Å². The van der Waals surface area contributed by atoms with Crippen molar-refractivity contribution in [3.63, 3.8) is 0 Å². The monoisotopic (exact) mass is 724 g/mol. The molecule has 0 aliphatic carbocycles. The SMILES string of the molecule is CCC(C)[C@H]1NC(=O)[C@@H]2CCCN2C(=O)[C@@H](NC(=O)[C@H](C)NC)Cc2ccc(cc2)NC(=O)CCc2cn(nn2)CN(CC(=O)O)CCCNC1=O. The van der Waals surface area contributed by atoms with E-state index in [1.54, 1.807) is 49.3 Å². The molecule has 5 atom stereocenters. The topological polar surface area (TPSA) is 220 Å². The molecule has 1 unspecified atom stereocenters. The molecule has 3 aliphatic rings. The number of carbonyl (C=O) groups excluding carboxylic acids is 5. The summed E-state index contributed by atoms with van der Waals surface area (Å²) in [5.41, 5.74) is 1.85. The molecule has 17 heteroatoms. The number of aromatic nitrogens is 3. The van der Waals surface area contributed by atoms with Crippen molar-refractivity contribution in [1.29, 1.82) is 0 Å². The first kappa shape index (κ1) is 39.9. The lowest BCUT2D eigenvalue weighted by molar-refractivity contribution is -0.142. The average molecular weight is 725 g/mol. The Morgan fingerprint density at radius 2 is 1.79 bits per heavy atom. The van der Waals surface area contributed by atoms with Gasteiger partial charge in [-0.15, -0.1) is 5.10 Å². The number of rotatable bonds is 7. The van der Waals surface area contributed by atoms with Gasteiger partial charge in [0.1, 0.15) is 18.1 Å². The maximum atomic E-state index is 14.1. The molecule has 5 amide bonds. The van der Waals surface area contributed by atoms with Gasteiger partial charge in [-0.2, -0.15) is 0 Å². The fourth-order valence-corrected chi connectivity index (χ4v) is 6.25. The number of likely N-dealkylation sites (N-methyl/N-ethyl adjacent to an activating group) is 1. The zero-order valence-corrected chi connectivity index (χ0v) is 30.4. The molecule has 0 spiro atoms. The minimum Gasteiger partial charge on any atom is -0.480 e. The van der Waals surface area contributed by atoms with Gasteiger partial charge in [-0.25, -0.2) is 4.68 Å². The Bertz CT molecular complexity index is 1570. The van der Waals surface area contributed by atoms with Crippen molar-refractivity contribution >= 4 is 41.2 Å². The van der Waals surface area contributed by atoms with Crippen molar-refractivity contribution in [2.24, 2.45) is 5.92 Å². The maximum absolute atomic E-state index is 14.1. The number of carboxylic acids is 1. The van der Waals surface area contributed by atoms with Crippen LogP contribution in [-0.2, 0) is 48.3 Å². The van der Waals surface area contributed by atoms with E-state index in [0.29, 0.717) is 56.6 Å². The molecule has 1 fully saturated rings. The van der Waals surface area contributed by atoms with E-state index in [0.717, 1.165) is 5.56 Å². The molecule has 1 aromatic carbocycles. The molecule has 0 saturated carbocycles. The molecular weight excluding hydrogens is 672 g/mol. The number of carboxylic acid groups (broad SMARTS) is 1. The molecule has 4 bridgehead atoms. The van der Waals surface area contributed by atoms with Crippen molar-refractivity contribution < 1.29 is 33.9 Å². The Labute approximate surface area is 303 Å². The van der Waals surface area contributed by atoms with Crippen molar-refractivity contribution in [3.8, 4) is 0 Å². The number of nitrogens with one attached hydrogen (secondary N) is 5. The zero-order chi connectivity index (χ0) is 37.8. The zero-order valence-electron chi connectivity index (χ0n) is 30.4. The minimum atomic E-state index is -1.02. The summed E-state index contributed by atoms with van der Waals surface area (Å²) < 4.78 is 1.51. The molecule has 4 heterocycles. The van der Waals surface area contributed by atoms with Crippen LogP contribution in [0.5, 0.6) is 0 Å². The van der Waals surface area contributed by atoms with Gasteiger partial charge in [-0.1, -0.05) is 37.6 Å². The molecule has 5 rings (SSSR count). The number of nitrogens with zero attached hydrogens (tertiary/aromatic N) is 5. The Kier molecular flexibility index (Phi) is 14.6. The third-order valence-electron chi connectivity index (χ3n) is 9.60. The molecule has 1 aromatic heterocycles. The van der Waals surface area contributed by atoms with E-state index in [4.69, 9.17) is 0 Å². The second-order valence-corrected chi connectivity index (χ2v) is 13.6. The van der Waals surface area contributed by atoms with Gasteiger partial charge in [-0.3, -0.25) is 33.7 Å². The van der Waals surface area contributed by atoms with Crippen molar-refractivity contribution in [3.05, 3.63) is 41.7 Å². The van der Waals surface area contributed by atoms with Gasteiger partial charge in [-0.05, 0) is 56.8 Å². The molecule has 2 aromatic rings. The van der Waals surface area contributed by atoms with E-state index in [-0.39, 0.29) is 56.2 Å². The van der Waals surface area contributed by atoms with Crippen LogP contribution in [0.2, 0.25) is 0 Å². The lowest BCUT2D eigenvalue weighted by atomic mass is 9.97. The summed E-state index contributed by atoms with van der Waals surface area (Å²) in [6.07, 6.45) is 4.28. The van der Waals surface area contributed by atoms with Crippen LogP contribution in [0.1, 0.15) is 64.1 Å². The summed E-state index contributed by atoms with van der Waals surface area (Å²) in [6.45, 7) is 6.23. The fourth-order valence-electron chi connectivity index (χ4n) is 6.25. The van der Waals surface area contributed by atoms with E-state index in [9.17, 15) is 33.9 Å². The van der Waals surface area contributed by atoms with Crippen LogP contribution in [0.15, 0.2) is 30.5 Å². The molecule has 6 N–H and O–H groups in total. The normalized spacial score (nSPS) is 22.8. The summed E-state index contributed by atoms with van der Waals surface area (Å²) >= 11 is 0. The first-order chi connectivity index (χ1) is 24.9. The number of hydrogen-bond acceptors (Lipinski definition) is 10. The van der Waals surface area contributed by atoms with Gasteiger partial charge in [0.15, 0.2) is 0 Å². The van der Waals surface area contributed by atoms with Crippen molar-refractivity contribution in [2.75, 3.05) is 38.5 Å². The minimum absolute atomic E-state index is 0.132. The van der Waals surface area contributed by atoms with Crippen LogP contribution in [-0.4, -0.2) is 123 Å². The first-order valence-electron chi connectivity index (χ1n) is 18.0. The van der Waals surface area contributed by atoms with E-state index in [1.807, 2.05) is 13.8 Å². The molecule has 0 radical (unpaired) electrons. The quantitative estimate of drug-likeness (QED) is 0.221. The second kappa shape index (κ2) is 19.1. The van der Waals surface area contributed by atoms with Gasteiger partial charge < -0.3 is 36.6 Å². The number of aliphatic carboxylic acids is 1. The predicted molar refractivity (Wildman–Crippen MR) is 191 cm³/mol. The van der Waals surface area contributed by atoms with E-state index >= 15 is 0 Å². The highest BCUT2D eigenvalue weighted by Gasteiger charge is 2.39. The largest absolute Gasteiger partial charge is 0.480 e. The van der Waals surface area contributed by atoms with Crippen LogP contribution >= 0.6 is 0 Å². The predicted octanol–water partition coefficient (Wildman–Crippen LogP) is -0.129. The average Bonchev–Trinajstić information content (AvgIpc) is 3.80. The van der Waals surface area contributed by atoms with Gasteiger partial charge in [0.05, 0.1) is 24.9 Å². The highest BCUT2D eigenvalue weighted by molar-refractivity contribution is 5.95. The van der Waals surface area contributed by atoms with E-state index < -0.39 is 42.0 Å². The molecule has 17 nitrogen and oxygen atoms in total. The third-order valence-corrected chi connectivity index (χ3v) is 9.60. The van der Waals surface area contributed by atoms with Gasteiger partial charge in [0.25, 0.3) is 0 Å². The Morgan fingerprint density at radius 1 is 1.04 bits per heavy atom. The molecule has 1 saturated heterocycles.